The van der Waals surface area contributed by atoms with E-state index in [0.29, 0.717) is 22.5 Å². The number of carbonyl (C=O) groups excluding carboxylic acids is 1. The van der Waals surface area contributed by atoms with Crippen LogP contribution in [0.15, 0.2) is 65.4 Å². The summed E-state index contributed by atoms with van der Waals surface area (Å²) in [4.78, 5) is 17.4. The van der Waals surface area contributed by atoms with E-state index in [2.05, 4.69) is 31.0 Å². The average molecular weight is 560 g/mol. The molecule has 0 spiro atoms. The maximum Gasteiger partial charge on any atom is 0.417 e. The Bertz CT molecular complexity index is 1160. The predicted octanol–water partition coefficient (Wildman–Crippen LogP) is 5.81. The Morgan fingerprint density at radius 2 is 1.77 bits per heavy atom. The fourth-order valence-electron chi connectivity index (χ4n) is 4.68. The molecule has 5 rings (SSSR count). The lowest BCUT2D eigenvalue weighted by molar-refractivity contribution is 0.0321. The molecule has 35 heavy (non-hydrogen) atoms. The minimum absolute atomic E-state index is 0.454. The number of carbonyl (C=O) groups is 1. The van der Waals surface area contributed by atoms with Crippen molar-refractivity contribution in [3.63, 3.8) is 0 Å². The number of piperazine rings is 1. The Labute approximate surface area is 218 Å². The van der Waals surface area contributed by atoms with Gasteiger partial charge in [0.15, 0.2) is 5.75 Å². The zero-order valence-electron chi connectivity index (χ0n) is 19.3. The number of aromatic nitrogens is 1. The van der Waals surface area contributed by atoms with Gasteiger partial charge < -0.3 is 18.9 Å². The van der Waals surface area contributed by atoms with E-state index in [9.17, 15) is 4.79 Å². The van der Waals surface area contributed by atoms with Gasteiger partial charge in [-0.2, -0.15) is 0 Å². The summed E-state index contributed by atoms with van der Waals surface area (Å²) in [5.74, 6) is 0.454. The number of nitrogens with one attached hydrogen (secondary N) is 1. The molecule has 0 aliphatic carbocycles. The van der Waals surface area contributed by atoms with Gasteiger partial charge in [0.1, 0.15) is 0 Å². The lowest BCUT2D eigenvalue weighted by Crippen LogP contribution is -2.51. The highest BCUT2D eigenvalue weighted by Crippen LogP contribution is 2.31. The fourth-order valence-corrected chi connectivity index (χ4v) is 5.44. The van der Waals surface area contributed by atoms with E-state index in [-0.39, 0.29) is 0 Å². The number of hydrogen-bond acceptors (Lipinski definition) is 5. The van der Waals surface area contributed by atoms with Crippen molar-refractivity contribution in [1.82, 2.24) is 9.47 Å². The Morgan fingerprint density at radius 1 is 1.03 bits per heavy atom. The summed E-state index contributed by atoms with van der Waals surface area (Å²) in [5, 5.41) is 3.48. The average Bonchev–Trinajstić information content (AvgIpc) is 3.33. The summed E-state index contributed by atoms with van der Waals surface area (Å²) >= 11 is 9.64. The van der Waals surface area contributed by atoms with E-state index in [1.165, 1.54) is 0 Å². The van der Waals surface area contributed by atoms with Crippen molar-refractivity contribution in [2.75, 3.05) is 49.6 Å². The number of rotatable bonds is 5. The van der Waals surface area contributed by atoms with Gasteiger partial charge in [-0.05, 0) is 77.3 Å². The van der Waals surface area contributed by atoms with Crippen LogP contribution in [0.25, 0.3) is 5.69 Å². The van der Waals surface area contributed by atoms with Crippen LogP contribution in [0, 0.1) is 0 Å². The van der Waals surface area contributed by atoms with Crippen LogP contribution >= 0.6 is 27.5 Å². The van der Waals surface area contributed by atoms with E-state index in [1.54, 1.807) is 12.3 Å². The molecule has 1 amide bonds. The van der Waals surface area contributed by atoms with Gasteiger partial charge in [0.2, 0.25) is 0 Å². The minimum Gasteiger partial charge on any atom is -0.408 e. The number of benzene rings is 2. The van der Waals surface area contributed by atoms with Gasteiger partial charge in [0.25, 0.3) is 0 Å². The van der Waals surface area contributed by atoms with Gasteiger partial charge in [0, 0.05) is 72.5 Å². The van der Waals surface area contributed by atoms with Crippen LogP contribution in [0.2, 0.25) is 5.02 Å². The number of hydrogen-bond donors (Lipinski definition) is 1. The third-order valence-corrected chi connectivity index (χ3v) is 7.44. The van der Waals surface area contributed by atoms with Gasteiger partial charge in [0.05, 0.1) is 11.9 Å². The maximum atomic E-state index is 12.5. The first-order valence-corrected chi connectivity index (χ1v) is 13.0. The molecule has 184 valence electrons. The van der Waals surface area contributed by atoms with Gasteiger partial charge >= 0.3 is 6.09 Å². The molecular formula is C26H28BrClN4O3. The first-order valence-electron chi connectivity index (χ1n) is 11.8. The molecule has 9 heteroatoms. The molecule has 3 aromatic rings. The lowest BCUT2D eigenvalue weighted by atomic mass is 10.1. The lowest BCUT2D eigenvalue weighted by Gasteiger charge is -2.41. The molecule has 2 aliphatic heterocycles. The van der Waals surface area contributed by atoms with Crippen LogP contribution in [0.5, 0.6) is 5.75 Å². The Morgan fingerprint density at radius 3 is 2.49 bits per heavy atom. The molecule has 0 radical (unpaired) electrons. The summed E-state index contributed by atoms with van der Waals surface area (Å²) in [7, 11) is 0. The van der Waals surface area contributed by atoms with Crippen molar-refractivity contribution >= 4 is 45.0 Å². The number of anilines is 2. The number of ether oxygens (including phenoxy) is 2. The molecule has 1 N–H and O–H groups in total. The normalized spacial score (nSPS) is 17.4. The topological polar surface area (TPSA) is 59.0 Å². The van der Waals surface area contributed by atoms with Crippen LogP contribution in [0.4, 0.5) is 16.2 Å². The SMILES string of the molecule is O=C(Nc1ccc(N2CCN(C3CCOCC3)CC2)c(Br)c1)Oc1ccn(-c2ccc(Cl)cc2)c1. The summed E-state index contributed by atoms with van der Waals surface area (Å²) < 4.78 is 13.8. The molecule has 0 bridgehead atoms. The van der Waals surface area contributed by atoms with E-state index >= 15 is 0 Å². The highest BCUT2D eigenvalue weighted by Gasteiger charge is 2.26. The van der Waals surface area contributed by atoms with E-state index in [0.717, 1.165) is 68.1 Å². The molecule has 2 fully saturated rings. The number of nitrogens with zero attached hydrogens (tertiary/aromatic N) is 3. The quantitative estimate of drug-likeness (QED) is 0.428. The number of halogens is 2. The first kappa shape index (κ1) is 24.2. The van der Waals surface area contributed by atoms with Crippen LogP contribution in [0.1, 0.15) is 12.8 Å². The predicted molar refractivity (Wildman–Crippen MR) is 142 cm³/mol. The molecule has 0 unspecified atom stereocenters. The first-order chi connectivity index (χ1) is 17.0. The smallest absolute Gasteiger partial charge is 0.408 e. The van der Waals surface area contributed by atoms with Crippen molar-refractivity contribution in [1.29, 1.82) is 0 Å². The van der Waals surface area contributed by atoms with Crippen molar-refractivity contribution in [2.24, 2.45) is 0 Å². The van der Waals surface area contributed by atoms with Gasteiger partial charge in [-0.1, -0.05) is 11.6 Å². The van der Waals surface area contributed by atoms with Crippen LogP contribution in [-0.4, -0.2) is 61.0 Å². The van der Waals surface area contributed by atoms with Gasteiger partial charge in [-0.25, -0.2) is 4.79 Å². The van der Waals surface area contributed by atoms with Crippen LogP contribution in [0.3, 0.4) is 0 Å². The molecule has 0 saturated carbocycles. The fraction of sp³-hybridized carbons (Fsp3) is 0.346. The largest absolute Gasteiger partial charge is 0.417 e. The van der Waals surface area contributed by atoms with Crippen LogP contribution in [-0.2, 0) is 4.74 Å². The van der Waals surface area contributed by atoms with E-state index in [4.69, 9.17) is 21.1 Å². The Hall–Kier alpha value is -2.52. The second-order valence-corrected chi connectivity index (χ2v) is 10.1. The highest BCUT2D eigenvalue weighted by molar-refractivity contribution is 9.10. The molecular weight excluding hydrogens is 532 g/mol. The third-order valence-electron chi connectivity index (χ3n) is 6.56. The number of amides is 1. The van der Waals surface area contributed by atoms with E-state index < -0.39 is 6.09 Å². The van der Waals surface area contributed by atoms with Crippen molar-refractivity contribution in [3.8, 4) is 11.4 Å². The summed E-state index contributed by atoms with van der Waals surface area (Å²) in [6, 6.07) is 15.7. The van der Waals surface area contributed by atoms with Gasteiger partial charge in [-0.3, -0.25) is 10.2 Å². The van der Waals surface area contributed by atoms with Crippen LogP contribution < -0.4 is 15.0 Å². The molecule has 7 nitrogen and oxygen atoms in total. The molecule has 1 aromatic heterocycles. The monoisotopic (exact) mass is 558 g/mol. The second kappa shape index (κ2) is 11.0. The Balaban J connectivity index is 1.15. The van der Waals surface area contributed by atoms with E-state index in [1.807, 2.05) is 53.2 Å². The molecule has 2 aliphatic rings. The van der Waals surface area contributed by atoms with Crippen molar-refractivity contribution in [3.05, 3.63) is 70.4 Å². The summed E-state index contributed by atoms with van der Waals surface area (Å²) in [6.07, 6.45) is 5.31. The third kappa shape index (κ3) is 6.01. The zero-order chi connectivity index (χ0) is 24.2. The maximum absolute atomic E-state index is 12.5. The standard InChI is InChI=1S/C26H28BrClN4O3/c27-24-17-20(3-6-25(24)31-13-11-30(12-14-31)22-8-15-34-16-9-22)29-26(33)35-23-7-10-32(18-23)21-4-1-19(28)2-5-21/h1-7,10,17-18,22H,8-9,11-16H2,(H,29,33). The summed E-state index contributed by atoms with van der Waals surface area (Å²) in [6.45, 7) is 5.83. The molecule has 0 atom stereocenters. The second-order valence-electron chi connectivity index (χ2n) is 8.78. The minimum atomic E-state index is -0.538. The molecule has 2 aromatic carbocycles. The van der Waals surface area contributed by atoms with Crippen molar-refractivity contribution < 1.29 is 14.3 Å². The van der Waals surface area contributed by atoms with Crippen molar-refractivity contribution in [2.45, 2.75) is 18.9 Å². The summed E-state index contributed by atoms with van der Waals surface area (Å²) in [5.41, 5.74) is 2.73. The van der Waals surface area contributed by atoms with Gasteiger partial charge in [-0.15, -0.1) is 0 Å². The highest BCUT2D eigenvalue weighted by atomic mass is 79.9. The molecule has 2 saturated heterocycles. The molecule has 3 heterocycles. The Kier molecular flexibility index (Phi) is 7.63. The zero-order valence-corrected chi connectivity index (χ0v) is 21.7.